The number of ether oxygens (including phenoxy) is 2. The van der Waals surface area contributed by atoms with Crippen molar-refractivity contribution in [2.45, 2.75) is 24.9 Å². The van der Waals surface area contributed by atoms with Crippen molar-refractivity contribution in [1.82, 2.24) is 9.47 Å². The van der Waals surface area contributed by atoms with Gasteiger partial charge in [-0.2, -0.15) is 0 Å². The number of rotatable bonds is 4. The van der Waals surface area contributed by atoms with Crippen molar-refractivity contribution < 1.29 is 9.47 Å². The maximum Gasteiger partial charge on any atom is 0.119 e. The number of fused-ring (bicyclic) bond motifs is 1. The Morgan fingerprint density at radius 3 is 2.71 bits per heavy atom. The molecule has 2 aliphatic rings. The Labute approximate surface area is 125 Å². The van der Waals surface area contributed by atoms with E-state index in [0.29, 0.717) is 5.54 Å². The molecule has 1 aliphatic carbocycles. The summed E-state index contributed by atoms with van der Waals surface area (Å²) in [5.74, 6) is 0.926. The lowest BCUT2D eigenvalue weighted by Crippen LogP contribution is -2.47. The van der Waals surface area contributed by atoms with Gasteiger partial charge in [0, 0.05) is 42.3 Å². The molecule has 2 aromatic rings. The SMILES string of the molecule is COc1ccc2c(ccn2CC2(N3CCOCC3)CC2)c1. The Bertz CT molecular complexity index is 639. The zero-order valence-corrected chi connectivity index (χ0v) is 12.5. The molecule has 0 atom stereocenters. The summed E-state index contributed by atoms with van der Waals surface area (Å²) in [6.07, 6.45) is 4.83. The van der Waals surface area contributed by atoms with Crippen LogP contribution in [0.5, 0.6) is 5.75 Å². The van der Waals surface area contributed by atoms with Crippen LogP contribution in [0.1, 0.15) is 12.8 Å². The van der Waals surface area contributed by atoms with Crippen molar-refractivity contribution in [3.63, 3.8) is 0 Å². The number of methoxy groups -OCH3 is 1. The topological polar surface area (TPSA) is 26.6 Å². The molecule has 0 unspecified atom stereocenters. The Hall–Kier alpha value is -1.52. The van der Waals surface area contributed by atoms with Gasteiger partial charge in [0.1, 0.15) is 5.75 Å². The lowest BCUT2D eigenvalue weighted by molar-refractivity contribution is 0.00554. The van der Waals surface area contributed by atoms with Crippen LogP contribution in [0.3, 0.4) is 0 Å². The normalized spacial score (nSPS) is 21.6. The standard InChI is InChI=1S/C17H22N2O2/c1-20-15-2-3-16-14(12-15)4-7-18(16)13-17(5-6-17)19-8-10-21-11-9-19/h2-4,7,12H,5-6,8-11,13H2,1H3. The van der Waals surface area contributed by atoms with E-state index in [1.807, 2.05) is 6.07 Å². The van der Waals surface area contributed by atoms with E-state index in [2.05, 4.69) is 33.9 Å². The summed E-state index contributed by atoms with van der Waals surface area (Å²) in [6, 6.07) is 8.52. The number of hydrogen-bond acceptors (Lipinski definition) is 3. The van der Waals surface area contributed by atoms with Crippen LogP contribution in [0.25, 0.3) is 10.9 Å². The van der Waals surface area contributed by atoms with Crippen LogP contribution in [-0.4, -0.2) is 48.4 Å². The van der Waals surface area contributed by atoms with Gasteiger partial charge >= 0.3 is 0 Å². The molecule has 1 aromatic heterocycles. The lowest BCUT2D eigenvalue weighted by Gasteiger charge is -2.35. The van der Waals surface area contributed by atoms with E-state index in [1.54, 1.807) is 7.11 Å². The smallest absolute Gasteiger partial charge is 0.119 e. The minimum Gasteiger partial charge on any atom is -0.497 e. The summed E-state index contributed by atoms with van der Waals surface area (Å²) < 4.78 is 13.2. The molecule has 1 aromatic carbocycles. The zero-order valence-electron chi connectivity index (χ0n) is 12.5. The largest absolute Gasteiger partial charge is 0.497 e. The van der Waals surface area contributed by atoms with Gasteiger partial charge in [-0.3, -0.25) is 4.90 Å². The minimum atomic E-state index is 0.371. The first kappa shape index (κ1) is 13.2. The van der Waals surface area contributed by atoms with E-state index in [1.165, 1.54) is 23.7 Å². The molecule has 1 saturated heterocycles. The first-order valence-corrected chi connectivity index (χ1v) is 7.76. The Kier molecular flexibility index (Phi) is 3.16. The third-order valence-corrected chi connectivity index (χ3v) is 4.95. The average Bonchev–Trinajstić information content (AvgIpc) is 3.23. The summed E-state index contributed by atoms with van der Waals surface area (Å²) in [4.78, 5) is 2.63. The number of aromatic nitrogens is 1. The van der Waals surface area contributed by atoms with E-state index in [0.717, 1.165) is 38.6 Å². The molecule has 21 heavy (non-hydrogen) atoms. The van der Waals surface area contributed by atoms with Crippen molar-refractivity contribution in [3.05, 3.63) is 30.5 Å². The number of morpholine rings is 1. The predicted molar refractivity (Wildman–Crippen MR) is 82.8 cm³/mol. The van der Waals surface area contributed by atoms with Gasteiger partial charge in [-0.25, -0.2) is 0 Å². The second-order valence-corrected chi connectivity index (χ2v) is 6.19. The van der Waals surface area contributed by atoms with Crippen molar-refractivity contribution >= 4 is 10.9 Å². The van der Waals surface area contributed by atoms with Gasteiger partial charge in [0.25, 0.3) is 0 Å². The quantitative estimate of drug-likeness (QED) is 0.864. The highest BCUT2D eigenvalue weighted by molar-refractivity contribution is 5.81. The van der Waals surface area contributed by atoms with Crippen LogP contribution in [0, 0.1) is 0 Å². The molecule has 0 spiro atoms. The molecule has 0 radical (unpaired) electrons. The van der Waals surface area contributed by atoms with E-state index in [9.17, 15) is 0 Å². The van der Waals surface area contributed by atoms with Crippen LogP contribution >= 0.6 is 0 Å². The summed E-state index contributed by atoms with van der Waals surface area (Å²) >= 11 is 0. The van der Waals surface area contributed by atoms with Crippen molar-refractivity contribution in [2.24, 2.45) is 0 Å². The summed E-state index contributed by atoms with van der Waals surface area (Å²) in [5.41, 5.74) is 1.67. The number of hydrogen-bond donors (Lipinski definition) is 0. The number of nitrogens with zero attached hydrogens (tertiary/aromatic N) is 2. The molecule has 4 rings (SSSR count). The second-order valence-electron chi connectivity index (χ2n) is 6.19. The zero-order chi connectivity index (χ0) is 14.3. The maximum atomic E-state index is 5.49. The third kappa shape index (κ3) is 2.32. The van der Waals surface area contributed by atoms with E-state index in [4.69, 9.17) is 9.47 Å². The van der Waals surface area contributed by atoms with Crippen LogP contribution in [0.2, 0.25) is 0 Å². The Morgan fingerprint density at radius 2 is 2.00 bits per heavy atom. The molecule has 1 saturated carbocycles. The van der Waals surface area contributed by atoms with Crippen molar-refractivity contribution in [3.8, 4) is 5.75 Å². The summed E-state index contributed by atoms with van der Waals surface area (Å²) in [7, 11) is 1.72. The molecule has 112 valence electrons. The minimum absolute atomic E-state index is 0.371. The average molecular weight is 286 g/mol. The molecule has 1 aliphatic heterocycles. The van der Waals surface area contributed by atoms with Crippen LogP contribution in [0.15, 0.2) is 30.5 Å². The summed E-state index contributed by atoms with van der Waals surface area (Å²) in [5, 5.41) is 1.26. The maximum absolute atomic E-state index is 5.49. The highest BCUT2D eigenvalue weighted by Gasteiger charge is 2.48. The van der Waals surface area contributed by atoms with Gasteiger partial charge in [-0.1, -0.05) is 0 Å². The van der Waals surface area contributed by atoms with E-state index < -0.39 is 0 Å². The first-order chi connectivity index (χ1) is 10.3. The Balaban J connectivity index is 1.59. The highest BCUT2D eigenvalue weighted by Crippen LogP contribution is 2.44. The monoisotopic (exact) mass is 286 g/mol. The van der Waals surface area contributed by atoms with E-state index >= 15 is 0 Å². The fraction of sp³-hybridized carbons (Fsp3) is 0.529. The second kappa shape index (κ2) is 5.04. The van der Waals surface area contributed by atoms with Crippen LogP contribution in [-0.2, 0) is 11.3 Å². The Morgan fingerprint density at radius 1 is 1.19 bits per heavy atom. The molecular weight excluding hydrogens is 264 g/mol. The fourth-order valence-electron chi connectivity index (χ4n) is 3.52. The lowest BCUT2D eigenvalue weighted by atomic mass is 10.2. The fourth-order valence-corrected chi connectivity index (χ4v) is 3.52. The first-order valence-electron chi connectivity index (χ1n) is 7.76. The molecular formula is C17H22N2O2. The third-order valence-electron chi connectivity index (χ3n) is 4.95. The molecule has 0 bridgehead atoms. The molecule has 2 heterocycles. The highest BCUT2D eigenvalue weighted by atomic mass is 16.5. The molecule has 0 amide bonds. The van der Waals surface area contributed by atoms with Gasteiger partial charge in [0.2, 0.25) is 0 Å². The van der Waals surface area contributed by atoms with E-state index in [-0.39, 0.29) is 0 Å². The molecule has 0 N–H and O–H groups in total. The number of benzene rings is 1. The summed E-state index contributed by atoms with van der Waals surface area (Å²) in [6.45, 7) is 5.00. The molecule has 4 nitrogen and oxygen atoms in total. The van der Waals surface area contributed by atoms with Crippen LogP contribution in [0.4, 0.5) is 0 Å². The molecule has 2 fully saturated rings. The van der Waals surface area contributed by atoms with Gasteiger partial charge in [0.05, 0.1) is 20.3 Å². The van der Waals surface area contributed by atoms with Gasteiger partial charge < -0.3 is 14.0 Å². The van der Waals surface area contributed by atoms with Crippen molar-refractivity contribution in [1.29, 1.82) is 0 Å². The van der Waals surface area contributed by atoms with Crippen molar-refractivity contribution in [2.75, 3.05) is 33.4 Å². The molecule has 4 heteroatoms. The van der Waals surface area contributed by atoms with Gasteiger partial charge in [0.15, 0.2) is 0 Å². The van der Waals surface area contributed by atoms with Gasteiger partial charge in [-0.05, 0) is 37.1 Å². The predicted octanol–water partition coefficient (Wildman–Crippen LogP) is 2.51. The van der Waals surface area contributed by atoms with Gasteiger partial charge in [-0.15, -0.1) is 0 Å². The van der Waals surface area contributed by atoms with Crippen LogP contribution < -0.4 is 4.74 Å².